The Labute approximate surface area is 123 Å². The van der Waals surface area contributed by atoms with E-state index < -0.39 is 14.9 Å². The van der Waals surface area contributed by atoms with Gasteiger partial charge in [0.05, 0.1) is 50.2 Å². The number of piperazine rings is 1. The highest BCUT2D eigenvalue weighted by Gasteiger charge is 2.31. The van der Waals surface area contributed by atoms with Crippen LogP contribution in [-0.2, 0) is 10.0 Å². The van der Waals surface area contributed by atoms with Gasteiger partial charge >= 0.3 is 5.69 Å². The molecule has 0 aromatic heterocycles. The fraction of sp³-hybridized carbons (Fsp3) is 0.500. The Morgan fingerprint density at radius 2 is 1.95 bits per heavy atom. The molecule has 0 bridgehead atoms. The van der Waals surface area contributed by atoms with E-state index in [1.807, 2.05) is 7.05 Å². The summed E-state index contributed by atoms with van der Waals surface area (Å²) < 4.78 is 31.3. The van der Waals surface area contributed by atoms with Crippen molar-refractivity contribution in [3.63, 3.8) is 0 Å². The minimum atomic E-state index is -3.71. The molecule has 1 saturated heterocycles. The Morgan fingerprint density at radius 3 is 2.48 bits per heavy atom. The first-order chi connectivity index (χ1) is 9.86. The highest BCUT2D eigenvalue weighted by atomic mass is 32.2. The summed E-state index contributed by atoms with van der Waals surface area (Å²) in [6.07, 6.45) is 0. The molecule has 1 aromatic carbocycles. The van der Waals surface area contributed by atoms with Gasteiger partial charge in [-0.25, -0.2) is 8.42 Å². The van der Waals surface area contributed by atoms with Gasteiger partial charge in [-0.2, -0.15) is 4.31 Å². The van der Waals surface area contributed by atoms with Gasteiger partial charge in [0.25, 0.3) is 0 Å². The smallest absolute Gasteiger partial charge is 0.312 e. The maximum atomic E-state index is 12.5. The summed E-state index contributed by atoms with van der Waals surface area (Å²) in [7, 11) is -0.399. The molecule has 0 saturated carbocycles. The van der Waals surface area contributed by atoms with Crippen LogP contribution in [-0.4, -0.2) is 58.0 Å². The standard InChI is InChI=1S/C12H17N3O5S/c1-13-5-7-14(8-6-13)21(18,19)10-3-4-12(20-2)11(9-10)15(16)17/h3-4,9H,5-8H2,1-2H3/p+1. The zero-order valence-electron chi connectivity index (χ0n) is 11.9. The molecule has 1 heterocycles. The van der Waals surface area contributed by atoms with Gasteiger partial charge < -0.3 is 9.64 Å². The Bertz CT molecular complexity index is 638. The lowest BCUT2D eigenvalue weighted by atomic mass is 10.3. The molecule has 1 aliphatic heterocycles. The third-order valence-corrected chi connectivity index (χ3v) is 5.46. The highest BCUT2D eigenvalue weighted by Crippen LogP contribution is 2.30. The number of hydrogen-bond acceptors (Lipinski definition) is 5. The number of likely N-dealkylation sites (N-methyl/N-ethyl adjacent to an activating group) is 1. The number of nitro groups is 1. The molecule has 0 unspecified atom stereocenters. The summed E-state index contributed by atoms with van der Waals surface area (Å²) >= 11 is 0. The molecule has 0 aliphatic carbocycles. The predicted molar refractivity (Wildman–Crippen MR) is 75.0 cm³/mol. The number of quaternary nitrogens is 1. The molecule has 1 N–H and O–H groups in total. The Balaban J connectivity index is 2.36. The first kappa shape index (κ1) is 15.7. The van der Waals surface area contributed by atoms with Crippen molar-refractivity contribution >= 4 is 15.7 Å². The summed E-state index contributed by atoms with van der Waals surface area (Å²) in [5.41, 5.74) is -0.349. The molecule has 0 spiro atoms. The second kappa shape index (κ2) is 5.96. The number of nitro benzene ring substituents is 1. The van der Waals surface area contributed by atoms with Gasteiger partial charge in [-0.1, -0.05) is 0 Å². The lowest BCUT2D eigenvalue weighted by Crippen LogP contribution is -3.12. The molecule has 2 rings (SSSR count). The summed E-state index contributed by atoms with van der Waals surface area (Å²) in [5.74, 6) is 0.0433. The number of sulfonamides is 1. The minimum Gasteiger partial charge on any atom is -0.490 e. The van der Waals surface area contributed by atoms with Gasteiger partial charge in [0, 0.05) is 6.07 Å². The van der Waals surface area contributed by atoms with E-state index in [4.69, 9.17) is 4.74 Å². The Kier molecular flexibility index (Phi) is 4.45. The van der Waals surface area contributed by atoms with Crippen molar-refractivity contribution in [2.75, 3.05) is 40.3 Å². The van der Waals surface area contributed by atoms with Crippen LogP contribution >= 0.6 is 0 Å². The summed E-state index contributed by atoms with van der Waals surface area (Å²) in [4.78, 5) is 11.5. The molecular weight excluding hydrogens is 298 g/mol. The van der Waals surface area contributed by atoms with Gasteiger partial charge in [-0.3, -0.25) is 10.1 Å². The largest absolute Gasteiger partial charge is 0.490 e. The van der Waals surface area contributed by atoms with E-state index in [0.29, 0.717) is 13.1 Å². The van der Waals surface area contributed by atoms with Crippen molar-refractivity contribution in [2.24, 2.45) is 0 Å². The van der Waals surface area contributed by atoms with Crippen LogP contribution in [0.3, 0.4) is 0 Å². The molecule has 1 fully saturated rings. The average molecular weight is 316 g/mol. The van der Waals surface area contributed by atoms with Gasteiger partial charge in [-0.05, 0) is 12.1 Å². The number of methoxy groups -OCH3 is 1. The molecule has 0 amide bonds. The van der Waals surface area contributed by atoms with Crippen LogP contribution in [0.1, 0.15) is 0 Å². The molecule has 9 heteroatoms. The van der Waals surface area contributed by atoms with Crippen molar-refractivity contribution in [1.82, 2.24) is 4.31 Å². The normalized spacial score (nSPS) is 17.6. The van der Waals surface area contributed by atoms with Crippen LogP contribution < -0.4 is 9.64 Å². The SMILES string of the molecule is COc1ccc(S(=O)(=O)N2CC[NH+](C)CC2)cc1[N+](=O)[O-]. The van der Waals surface area contributed by atoms with Crippen molar-refractivity contribution in [1.29, 1.82) is 0 Å². The van der Waals surface area contributed by atoms with Crippen LogP contribution in [0, 0.1) is 10.1 Å². The van der Waals surface area contributed by atoms with Crippen LogP contribution in [0.15, 0.2) is 23.1 Å². The summed E-state index contributed by atoms with van der Waals surface area (Å²) in [5, 5.41) is 11.0. The maximum Gasteiger partial charge on any atom is 0.312 e. The van der Waals surface area contributed by atoms with Gasteiger partial charge in [0.1, 0.15) is 0 Å². The van der Waals surface area contributed by atoms with Crippen molar-refractivity contribution in [3.05, 3.63) is 28.3 Å². The van der Waals surface area contributed by atoms with Crippen molar-refractivity contribution < 1.29 is 23.0 Å². The number of benzene rings is 1. The first-order valence-electron chi connectivity index (χ1n) is 6.50. The number of rotatable bonds is 4. The molecule has 116 valence electrons. The van der Waals surface area contributed by atoms with E-state index >= 15 is 0 Å². The van der Waals surface area contributed by atoms with E-state index in [9.17, 15) is 18.5 Å². The number of ether oxygens (including phenoxy) is 1. The van der Waals surface area contributed by atoms with Crippen LogP contribution in [0.25, 0.3) is 0 Å². The van der Waals surface area contributed by atoms with E-state index in [0.717, 1.165) is 19.2 Å². The lowest BCUT2D eigenvalue weighted by molar-refractivity contribution is -0.883. The van der Waals surface area contributed by atoms with Gasteiger partial charge in [0.2, 0.25) is 10.0 Å². The summed E-state index contributed by atoms with van der Waals surface area (Å²) in [6, 6.07) is 3.71. The monoisotopic (exact) mass is 316 g/mol. The lowest BCUT2D eigenvalue weighted by Gasteiger charge is -2.29. The topological polar surface area (TPSA) is 94.2 Å². The van der Waals surface area contributed by atoms with Crippen LogP contribution in [0.5, 0.6) is 5.75 Å². The molecular formula is C12H18N3O5S+. The number of nitrogens with one attached hydrogen (secondary N) is 1. The molecule has 1 aliphatic rings. The first-order valence-corrected chi connectivity index (χ1v) is 7.94. The summed E-state index contributed by atoms with van der Waals surface area (Å²) in [6.45, 7) is 2.26. The Hall–Kier alpha value is -1.71. The highest BCUT2D eigenvalue weighted by molar-refractivity contribution is 7.89. The molecule has 21 heavy (non-hydrogen) atoms. The second-order valence-electron chi connectivity index (χ2n) is 4.95. The Morgan fingerprint density at radius 1 is 1.33 bits per heavy atom. The zero-order valence-corrected chi connectivity index (χ0v) is 12.7. The number of nitrogens with zero attached hydrogens (tertiary/aromatic N) is 2. The van der Waals surface area contributed by atoms with Crippen LogP contribution in [0.4, 0.5) is 5.69 Å². The van der Waals surface area contributed by atoms with E-state index in [2.05, 4.69) is 0 Å². The van der Waals surface area contributed by atoms with Gasteiger partial charge in [0.15, 0.2) is 5.75 Å². The molecule has 0 atom stereocenters. The third kappa shape index (κ3) is 3.14. The number of hydrogen-bond donors (Lipinski definition) is 1. The van der Waals surface area contributed by atoms with Crippen molar-refractivity contribution in [2.45, 2.75) is 4.90 Å². The molecule has 1 aromatic rings. The third-order valence-electron chi connectivity index (χ3n) is 3.56. The quantitative estimate of drug-likeness (QED) is 0.575. The van der Waals surface area contributed by atoms with Crippen molar-refractivity contribution in [3.8, 4) is 5.75 Å². The zero-order chi connectivity index (χ0) is 15.6. The average Bonchev–Trinajstić information content (AvgIpc) is 2.46. The predicted octanol–water partition coefficient (Wildman–Crippen LogP) is -0.878. The van der Waals surface area contributed by atoms with E-state index in [1.165, 1.54) is 28.4 Å². The van der Waals surface area contributed by atoms with Gasteiger partial charge in [-0.15, -0.1) is 0 Å². The van der Waals surface area contributed by atoms with E-state index in [-0.39, 0.29) is 16.3 Å². The fourth-order valence-electron chi connectivity index (χ4n) is 2.23. The van der Waals surface area contributed by atoms with E-state index in [1.54, 1.807) is 0 Å². The second-order valence-corrected chi connectivity index (χ2v) is 6.89. The van der Waals surface area contributed by atoms with Crippen LogP contribution in [0.2, 0.25) is 0 Å². The fourth-order valence-corrected chi connectivity index (χ4v) is 3.69. The molecule has 8 nitrogen and oxygen atoms in total. The minimum absolute atomic E-state index is 0.0433. The maximum absolute atomic E-state index is 12.5. The molecule has 0 radical (unpaired) electrons.